The molecule has 10 heteroatoms. The predicted molar refractivity (Wildman–Crippen MR) is 118 cm³/mol. The van der Waals surface area contributed by atoms with Gasteiger partial charge in [0.25, 0.3) is 11.8 Å². The van der Waals surface area contributed by atoms with Crippen LogP contribution in [0.1, 0.15) is 19.4 Å². The standard InChI is InChI=1S/C21H18BrClN2O6/c1-3-30-15-10-12(16(22)17(23)18(15)31-11(2)21(28)29)9-14-19(26)24-25(20(14)27)13-7-5-4-6-8-13/h4-11H,3H2,1-2H3,(H,24,26)(H,28,29)/b14-9-/t11-/m0/s1. The summed E-state index contributed by atoms with van der Waals surface area (Å²) < 4.78 is 11.3. The Hall–Kier alpha value is -3.04. The highest BCUT2D eigenvalue weighted by atomic mass is 79.9. The Balaban J connectivity index is 2.02. The van der Waals surface area contributed by atoms with Crippen molar-refractivity contribution < 1.29 is 29.0 Å². The number of carboxylic acids is 1. The van der Waals surface area contributed by atoms with Crippen molar-refractivity contribution in [2.24, 2.45) is 0 Å². The van der Waals surface area contributed by atoms with E-state index in [4.69, 9.17) is 26.2 Å². The van der Waals surface area contributed by atoms with E-state index in [2.05, 4.69) is 21.4 Å². The monoisotopic (exact) mass is 508 g/mol. The first-order valence-electron chi connectivity index (χ1n) is 9.21. The number of rotatable bonds is 7. The topological polar surface area (TPSA) is 105 Å². The van der Waals surface area contributed by atoms with Gasteiger partial charge in [-0.05, 0) is 59.6 Å². The summed E-state index contributed by atoms with van der Waals surface area (Å²) in [6.07, 6.45) is 0.207. The molecule has 162 valence electrons. The molecule has 1 atom stereocenters. The van der Waals surface area contributed by atoms with Crippen molar-refractivity contribution in [2.45, 2.75) is 20.0 Å². The van der Waals surface area contributed by atoms with Crippen molar-refractivity contribution in [3.8, 4) is 11.5 Å². The number of aliphatic carboxylic acids is 1. The normalized spacial score (nSPS) is 15.7. The molecule has 31 heavy (non-hydrogen) atoms. The molecular formula is C21H18BrClN2O6. The number of hydrazine groups is 1. The number of carboxylic acid groups (broad SMARTS) is 1. The molecule has 1 fully saturated rings. The molecule has 2 amide bonds. The smallest absolute Gasteiger partial charge is 0.344 e. The second-order valence-electron chi connectivity index (χ2n) is 6.43. The highest BCUT2D eigenvalue weighted by Gasteiger charge is 2.35. The first kappa shape index (κ1) is 22.6. The van der Waals surface area contributed by atoms with Gasteiger partial charge in [-0.1, -0.05) is 29.8 Å². The van der Waals surface area contributed by atoms with Gasteiger partial charge in [0.15, 0.2) is 17.6 Å². The van der Waals surface area contributed by atoms with E-state index in [1.165, 1.54) is 19.1 Å². The van der Waals surface area contributed by atoms with Crippen LogP contribution in [0.25, 0.3) is 6.08 Å². The van der Waals surface area contributed by atoms with Gasteiger partial charge in [-0.2, -0.15) is 0 Å². The second-order valence-corrected chi connectivity index (χ2v) is 7.60. The molecule has 2 N–H and O–H groups in total. The number of carbonyl (C=O) groups is 3. The fourth-order valence-electron chi connectivity index (χ4n) is 2.78. The first-order valence-corrected chi connectivity index (χ1v) is 10.4. The zero-order chi connectivity index (χ0) is 22.7. The minimum absolute atomic E-state index is 0.0422. The van der Waals surface area contributed by atoms with Crippen LogP contribution < -0.4 is 19.9 Å². The molecule has 3 rings (SSSR count). The average molecular weight is 510 g/mol. The van der Waals surface area contributed by atoms with Crippen LogP contribution in [0.5, 0.6) is 11.5 Å². The molecule has 0 bridgehead atoms. The lowest BCUT2D eigenvalue weighted by atomic mass is 10.1. The third kappa shape index (κ3) is 4.67. The third-order valence-corrected chi connectivity index (χ3v) is 5.75. The van der Waals surface area contributed by atoms with Gasteiger partial charge in [-0.3, -0.25) is 15.0 Å². The number of anilines is 1. The molecule has 0 radical (unpaired) electrons. The van der Waals surface area contributed by atoms with Gasteiger partial charge >= 0.3 is 5.97 Å². The largest absolute Gasteiger partial charge is 0.490 e. The lowest BCUT2D eigenvalue weighted by Gasteiger charge is -2.18. The number of para-hydroxylation sites is 1. The Morgan fingerprint density at radius 1 is 1.32 bits per heavy atom. The zero-order valence-electron chi connectivity index (χ0n) is 16.5. The van der Waals surface area contributed by atoms with Crippen molar-refractivity contribution in [2.75, 3.05) is 11.6 Å². The third-order valence-electron chi connectivity index (χ3n) is 4.30. The Kier molecular flexibility index (Phi) is 6.87. The van der Waals surface area contributed by atoms with Gasteiger partial charge < -0.3 is 14.6 Å². The molecule has 0 spiro atoms. The lowest BCUT2D eigenvalue weighted by Crippen LogP contribution is -2.35. The Morgan fingerprint density at radius 3 is 2.61 bits per heavy atom. The summed E-state index contributed by atoms with van der Waals surface area (Å²) in [5, 5.41) is 10.3. The number of nitrogens with zero attached hydrogens (tertiary/aromatic N) is 1. The fourth-order valence-corrected chi connectivity index (χ4v) is 3.44. The molecule has 0 aliphatic carbocycles. The molecule has 2 aromatic rings. The van der Waals surface area contributed by atoms with Crippen LogP contribution in [0.3, 0.4) is 0 Å². The van der Waals surface area contributed by atoms with E-state index >= 15 is 0 Å². The summed E-state index contributed by atoms with van der Waals surface area (Å²) in [7, 11) is 0. The SMILES string of the molecule is CCOc1cc(/C=C2/C(=O)NN(c3ccccc3)C2=O)c(Br)c(Cl)c1O[C@@H](C)C(=O)O. The van der Waals surface area contributed by atoms with Gasteiger partial charge in [-0.25, -0.2) is 9.80 Å². The molecule has 1 saturated heterocycles. The average Bonchev–Trinajstić information content (AvgIpc) is 3.03. The van der Waals surface area contributed by atoms with Crippen LogP contribution in [0.15, 0.2) is 46.4 Å². The van der Waals surface area contributed by atoms with Crippen LogP contribution >= 0.6 is 27.5 Å². The van der Waals surface area contributed by atoms with Crippen molar-refractivity contribution >= 4 is 57.1 Å². The van der Waals surface area contributed by atoms with E-state index in [0.29, 0.717) is 15.7 Å². The first-order chi connectivity index (χ1) is 14.7. The maximum atomic E-state index is 12.8. The Labute approximate surface area is 191 Å². The number of amides is 2. The van der Waals surface area contributed by atoms with Crippen molar-refractivity contribution in [3.63, 3.8) is 0 Å². The fraction of sp³-hybridized carbons (Fsp3) is 0.190. The van der Waals surface area contributed by atoms with E-state index in [0.717, 1.165) is 5.01 Å². The van der Waals surface area contributed by atoms with Gasteiger partial charge in [0.05, 0.1) is 12.3 Å². The Morgan fingerprint density at radius 2 is 2.00 bits per heavy atom. The van der Waals surface area contributed by atoms with Crippen LogP contribution in [0.4, 0.5) is 5.69 Å². The molecule has 1 aliphatic rings. The number of benzene rings is 2. The van der Waals surface area contributed by atoms with E-state index in [-0.39, 0.29) is 28.7 Å². The number of halogens is 2. The van der Waals surface area contributed by atoms with Crippen molar-refractivity contribution in [3.05, 3.63) is 57.0 Å². The minimum atomic E-state index is -1.17. The highest BCUT2D eigenvalue weighted by molar-refractivity contribution is 9.10. The van der Waals surface area contributed by atoms with Crippen LogP contribution in [0.2, 0.25) is 5.02 Å². The molecule has 0 saturated carbocycles. The molecule has 0 unspecified atom stereocenters. The predicted octanol–water partition coefficient (Wildman–Crippen LogP) is 3.81. The van der Waals surface area contributed by atoms with Gasteiger partial charge in [0, 0.05) is 4.47 Å². The molecule has 0 aromatic heterocycles. The highest BCUT2D eigenvalue weighted by Crippen LogP contribution is 2.44. The molecule has 2 aromatic carbocycles. The zero-order valence-corrected chi connectivity index (χ0v) is 18.9. The van der Waals surface area contributed by atoms with Crippen LogP contribution in [0, 0.1) is 0 Å². The lowest BCUT2D eigenvalue weighted by molar-refractivity contribution is -0.144. The minimum Gasteiger partial charge on any atom is -0.490 e. The number of nitrogens with one attached hydrogen (secondary N) is 1. The van der Waals surface area contributed by atoms with E-state index in [1.807, 2.05) is 0 Å². The number of hydrogen-bond acceptors (Lipinski definition) is 5. The summed E-state index contributed by atoms with van der Waals surface area (Å²) in [4.78, 5) is 36.4. The van der Waals surface area contributed by atoms with Gasteiger partial charge in [0.2, 0.25) is 0 Å². The second kappa shape index (κ2) is 9.40. The van der Waals surface area contributed by atoms with Crippen molar-refractivity contribution in [1.29, 1.82) is 0 Å². The maximum absolute atomic E-state index is 12.8. The van der Waals surface area contributed by atoms with E-state index in [1.54, 1.807) is 37.3 Å². The quantitative estimate of drug-likeness (QED) is 0.434. The summed E-state index contributed by atoms with van der Waals surface area (Å²) in [6.45, 7) is 3.36. The molecule has 1 heterocycles. The number of ether oxygens (including phenoxy) is 2. The molecule has 1 aliphatic heterocycles. The summed E-state index contributed by atoms with van der Waals surface area (Å²) in [5.41, 5.74) is 3.32. The Bertz CT molecular complexity index is 1070. The van der Waals surface area contributed by atoms with Gasteiger partial charge in [0.1, 0.15) is 10.6 Å². The van der Waals surface area contributed by atoms with Crippen LogP contribution in [-0.4, -0.2) is 35.6 Å². The molecule has 8 nitrogen and oxygen atoms in total. The summed E-state index contributed by atoms with van der Waals surface area (Å²) >= 11 is 9.74. The molecular weight excluding hydrogens is 492 g/mol. The van der Waals surface area contributed by atoms with Crippen molar-refractivity contribution in [1.82, 2.24) is 5.43 Å². The number of carbonyl (C=O) groups excluding carboxylic acids is 2. The summed E-state index contributed by atoms with van der Waals surface area (Å²) in [5.74, 6) is -2.05. The van der Waals surface area contributed by atoms with E-state index in [9.17, 15) is 14.4 Å². The summed E-state index contributed by atoms with van der Waals surface area (Å²) in [6, 6.07) is 10.2. The maximum Gasteiger partial charge on any atom is 0.344 e. The van der Waals surface area contributed by atoms with Crippen LogP contribution in [-0.2, 0) is 14.4 Å². The van der Waals surface area contributed by atoms with Gasteiger partial charge in [-0.15, -0.1) is 0 Å². The van der Waals surface area contributed by atoms with E-state index < -0.39 is 23.9 Å². The number of hydrogen-bond donors (Lipinski definition) is 2.